The van der Waals surface area contributed by atoms with E-state index in [2.05, 4.69) is 54.6 Å². The van der Waals surface area contributed by atoms with Gasteiger partial charge in [-0.25, -0.2) is 0 Å². The molecule has 0 unspecified atom stereocenters. The Morgan fingerprint density at radius 1 is 0.800 bits per heavy atom. The Bertz CT molecular complexity index is 178. The highest BCUT2D eigenvalue weighted by Crippen LogP contribution is 2.26. The fourth-order valence-electron chi connectivity index (χ4n) is 1.50. The first kappa shape index (κ1) is 15.1. The van der Waals surface area contributed by atoms with Crippen molar-refractivity contribution in [2.45, 2.75) is 78.7 Å². The number of rotatable bonds is 6. The van der Waals surface area contributed by atoms with Gasteiger partial charge in [-0.3, -0.25) is 0 Å². The van der Waals surface area contributed by atoms with E-state index in [4.69, 9.17) is 8.85 Å². The minimum Gasteiger partial charge on any atom is -0.389 e. The SMILES string of the molecule is CCC(C)(C)O[Si](C)(C)OC(C)(C)CC. The maximum atomic E-state index is 6.13. The van der Waals surface area contributed by atoms with Gasteiger partial charge in [0.2, 0.25) is 0 Å². The molecule has 0 bridgehead atoms. The zero-order chi connectivity index (χ0) is 12.3. The first-order valence-corrected chi connectivity index (χ1v) is 8.75. The third kappa shape index (κ3) is 6.33. The van der Waals surface area contributed by atoms with Gasteiger partial charge in [-0.15, -0.1) is 0 Å². The molecule has 0 aromatic heterocycles. The van der Waals surface area contributed by atoms with Gasteiger partial charge in [0.05, 0.1) is 11.2 Å². The molecule has 92 valence electrons. The highest BCUT2D eigenvalue weighted by Gasteiger charge is 2.36. The average molecular weight is 232 g/mol. The van der Waals surface area contributed by atoms with Crippen LogP contribution in [0.1, 0.15) is 54.4 Å². The van der Waals surface area contributed by atoms with Gasteiger partial charge >= 0.3 is 8.56 Å². The van der Waals surface area contributed by atoms with Crippen molar-refractivity contribution in [3.05, 3.63) is 0 Å². The summed E-state index contributed by atoms with van der Waals surface area (Å²) in [5.74, 6) is 0. The second-order valence-corrected chi connectivity index (χ2v) is 9.04. The van der Waals surface area contributed by atoms with Crippen molar-refractivity contribution in [3.63, 3.8) is 0 Å². The van der Waals surface area contributed by atoms with Crippen LogP contribution in [0.3, 0.4) is 0 Å². The Morgan fingerprint density at radius 3 is 1.27 bits per heavy atom. The van der Waals surface area contributed by atoms with Crippen molar-refractivity contribution in [1.29, 1.82) is 0 Å². The van der Waals surface area contributed by atoms with Crippen LogP contribution in [0.2, 0.25) is 13.1 Å². The van der Waals surface area contributed by atoms with Gasteiger partial charge in [-0.1, -0.05) is 13.8 Å². The molecule has 0 aliphatic heterocycles. The summed E-state index contributed by atoms with van der Waals surface area (Å²) in [6, 6.07) is 0. The van der Waals surface area contributed by atoms with E-state index in [0.29, 0.717) is 0 Å². The summed E-state index contributed by atoms with van der Waals surface area (Å²) >= 11 is 0. The van der Waals surface area contributed by atoms with Crippen LogP contribution in [0.5, 0.6) is 0 Å². The Morgan fingerprint density at radius 2 is 1.07 bits per heavy atom. The molecule has 0 heterocycles. The lowest BCUT2D eigenvalue weighted by atomic mass is 10.1. The van der Waals surface area contributed by atoms with Crippen molar-refractivity contribution < 1.29 is 8.85 Å². The third-order valence-corrected chi connectivity index (χ3v) is 4.84. The van der Waals surface area contributed by atoms with E-state index in [1.807, 2.05) is 0 Å². The summed E-state index contributed by atoms with van der Waals surface area (Å²) in [5, 5.41) is 0. The molecule has 0 rings (SSSR count). The summed E-state index contributed by atoms with van der Waals surface area (Å²) in [6.45, 7) is 17.1. The molecule has 0 aromatic rings. The fraction of sp³-hybridized carbons (Fsp3) is 1.00. The Balaban J connectivity index is 4.43. The normalized spacial score (nSPS) is 14.4. The van der Waals surface area contributed by atoms with E-state index in [1.165, 1.54) is 0 Å². The molecule has 0 radical (unpaired) electrons. The van der Waals surface area contributed by atoms with Crippen LogP contribution < -0.4 is 0 Å². The molecule has 2 nitrogen and oxygen atoms in total. The molecule has 0 saturated carbocycles. The van der Waals surface area contributed by atoms with Gasteiger partial charge in [0.25, 0.3) is 0 Å². The molecule has 0 atom stereocenters. The highest BCUT2D eigenvalue weighted by molar-refractivity contribution is 6.64. The van der Waals surface area contributed by atoms with Gasteiger partial charge in [0.1, 0.15) is 0 Å². The molecule has 0 spiro atoms. The molecule has 0 aromatic carbocycles. The summed E-state index contributed by atoms with van der Waals surface area (Å²) in [6.07, 6.45) is 2.03. The summed E-state index contributed by atoms with van der Waals surface area (Å²) < 4.78 is 12.3. The van der Waals surface area contributed by atoms with Crippen LogP contribution in [0.4, 0.5) is 0 Å². The standard InChI is InChI=1S/C12H28O2Si/c1-9-11(3,4)13-15(7,8)14-12(5,6)10-2/h9-10H2,1-8H3. The lowest BCUT2D eigenvalue weighted by Gasteiger charge is -2.39. The molecule has 0 fully saturated rings. The Hall–Kier alpha value is 0.137. The Labute approximate surface area is 96.6 Å². The summed E-state index contributed by atoms with van der Waals surface area (Å²) in [5.41, 5.74) is -0.140. The first-order valence-electron chi connectivity index (χ1n) is 5.94. The van der Waals surface area contributed by atoms with Crippen molar-refractivity contribution in [2.24, 2.45) is 0 Å². The van der Waals surface area contributed by atoms with E-state index in [0.717, 1.165) is 12.8 Å². The zero-order valence-electron chi connectivity index (χ0n) is 11.7. The van der Waals surface area contributed by atoms with Gasteiger partial charge in [0, 0.05) is 0 Å². The van der Waals surface area contributed by atoms with Crippen molar-refractivity contribution >= 4 is 8.56 Å². The number of hydrogen-bond acceptors (Lipinski definition) is 2. The van der Waals surface area contributed by atoms with Crippen LogP contribution >= 0.6 is 0 Å². The van der Waals surface area contributed by atoms with Crippen LogP contribution in [0.15, 0.2) is 0 Å². The monoisotopic (exact) mass is 232 g/mol. The average Bonchev–Trinajstić information content (AvgIpc) is 2.00. The molecule has 0 aliphatic rings. The van der Waals surface area contributed by atoms with Gasteiger partial charge in [-0.2, -0.15) is 0 Å². The minimum absolute atomic E-state index is 0.0699. The van der Waals surface area contributed by atoms with E-state index in [9.17, 15) is 0 Å². The first-order chi connectivity index (χ1) is 6.54. The van der Waals surface area contributed by atoms with Gasteiger partial charge < -0.3 is 8.85 Å². The molecule has 0 saturated heterocycles. The Kier molecular flexibility index (Phi) is 5.02. The van der Waals surface area contributed by atoms with Crippen LogP contribution in [0.25, 0.3) is 0 Å². The predicted octanol–water partition coefficient (Wildman–Crippen LogP) is 4.10. The van der Waals surface area contributed by atoms with E-state index < -0.39 is 8.56 Å². The molecular formula is C12H28O2Si. The number of hydrogen-bond donors (Lipinski definition) is 0. The maximum absolute atomic E-state index is 6.13. The highest BCUT2D eigenvalue weighted by atomic mass is 28.4. The van der Waals surface area contributed by atoms with Crippen LogP contribution in [-0.4, -0.2) is 19.8 Å². The minimum atomic E-state index is -2.02. The lowest BCUT2D eigenvalue weighted by molar-refractivity contribution is 0.00168. The van der Waals surface area contributed by atoms with Crippen molar-refractivity contribution in [3.8, 4) is 0 Å². The second-order valence-electron chi connectivity index (χ2n) is 5.83. The van der Waals surface area contributed by atoms with E-state index in [-0.39, 0.29) is 11.2 Å². The van der Waals surface area contributed by atoms with Crippen LogP contribution in [0, 0.1) is 0 Å². The topological polar surface area (TPSA) is 18.5 Å². The smallest absolute Gasteiger partial charge is 0.332 e. The van der Waals surface area contributed by atoms with E-state index in [1.54, 1.807) is 0 Å². The molecular weight excluding hydrogens is 204 g/mol. The maximum Gasteiger partial charge on any atom is 0.332 e. The second kappa shape index (κ2) is 4.98. The van der Waals surface area contributed by atoms with Crippen LogP contribution in [-0.2, 0) is 8.85 Å². The summed E-state index contributed by atoms with van der Waals surface area (Å²) in [4.78, 5) is 0. The zero-order valence-corrected chi connectivity index (χ0v) is 12.7. The molecule has 3 heteroatoms. The van der Waals surface area contributed by atoms with Crippen molar-refractivity contribution in [2.75, 3.05) is 0 Å². The largest absolute Gasteiger partial charge is 0.389 e. The predicted molar refractivity (Wildman–Crippen MR) is 68.4 cm³/mol. The quantitative estimate of drug-likeness (QED) is 0.642. The lowest BCUT2D eigenvalue weighted by Crippen LogP contribution is -2.48. The fourth-order valence-corrected chi connectivity index (χ4v) is 4.49. The molecule has 15 heavy (non-hydrogen) atoms. The molecule has 0 amide bonds. The third-order valence-electron chi connectivity index (χ3n) is 2.75. The van der Waals surface area contributed by atoms with Gasteiger partial charge in [-0.05, 0) is 53.6 Å². The summed E-state index contributed by atoms with van der Waals surface area (Å²) in [7, 11) is -2.02. The molecule has 0 aliphatic carbocycles. The van der Waals surface area contributed by atoms with E-state index >= 15 is 0 Å². The van der Waals surface area contributed by atoms with Gasteiger partial charge in [0.15, 0.2) is 0 Å². The molecule has 0 N–H and O–H groups in total. The van der Waals surface area contributed by atoms with Crippen molar-refractivity contribution in [1.82, 2.24) is 0 Å².